The van der Waals surface area contributed by atoms with Crippen LogP contribution in [0.4, 0.5) is 0 Å². The number of nitrogens with zero attached hydrogens (tertiary/aromatic N) is 1. The highest BCUT2D eigenvalue weighted by atomic mass is 15.1. The van der Waals surface area contributed by atoms with Gasteiger partial charge in [0.1, 0.15) is 0 Å². The predicted molar refractivity (Wildman–Crippen MR) is 74.2 cm³/mol. The van der Waals surface area contributed by atoms with E-state index in [2.05, 4.69) is 24.1 Å². The molecule has 1 N–H and O–H groups in total. The van der Waals surface area contributed by atoms with Gasteiger partial charge in [0.15, 0.2) is 0 Å². The highest BCUT2D eigenvalue weighted by molar-refractivity contribution is 4.78. The van der Waals surface area contributed by atoms with Gasteiger partial charge in [-0.1, -0.05) is 20.3 Å². The van der Waals surface area contributed by atoms with Crippen molar-refractivity contribution in [1.82, 2.24) is 10.2 Å². The van der Waals surface area contributed by atoms with Gasteiger partial charge in [-0.05, 0) is 69.6 Å². The van der Waals surface area contributed by atoms with E-state index >= 15 is 0 Å². The Morgan fingerprint density at radius 1 is 1.06 bits per heavy atom. The summed E-state index contributed by atoms with van der Waals surface area (Å²) >= 11 is 0. The van der Waals surface area contributed by atoms with Crippen LogP contribution in [0, 0.1) is 17.8 Å². The van der Waals surface area contributed by atoms with Crippen LogP contribution in [0.5, 0.6) is 0 Å². The van der Waals surface area contributed by atoms with Crippen LogP contribution in [0.25, 0.3) is 0 Å². The topological polar surface area (TPSA) is 15.3 Å². The van der Waals surface area contributed by atoms with Gasteiger partial charge >= 0.3 is 0 Å². The highest BCUT2D eigenvalue weighted by Crippen LogP contribution is 2.28. The van der Waals surface area contributed by atoms with E-state index in [0.717, 1.165) is 17.8 Å². The largest absolute Gasteiger partial charge is 0.316 e. The molecule has 0 amide bonds. The lowest BCUT2D eigenvalue weighted by atomic mass is 9.84. The Balaban J connectivity index is 1.54. The monoisotopic (exact) mass is 238 g/mol. The summed E-state index contributed by atoms with van der Waals surface area (Å²) in [6.45, 7) is 11.1. The Morgan fingerprint density at radius 2 is 1.76 bits per heavy atom. The van der Waals surface area contributed by atoms with Gasteiger partial charge < -0.3 is 10.2 Å². The molecular weight excluding hydrogens is 208 g/mol. The molecule has 2 aliphatic rings. The summed E-state index contributed by atoms with van der Waals surface area (Å²) in [5.41, 5.74) is 0. The van der Waals surface area contributed by atoms with Crippen molar-refractivity contribution < 1.29 is 0 Å². The molecule has 0 radical (unpaired) electrons. The average Bonchev–Trinajstić information content (AvgIpc) is 2.25. The van der Waals surface area contributed by atoms with E-state index in [9.17, 15) is 0 Å². The van der Waals surface area contributed by atoms with Crippen LogP contribution >= 0.6 is 0 Å². The van der Waals surface area contributed by atoms with Gasteiger partial charge in [0.25, 0.3) is 0 Å². The van der Waals surface area contributed by atoms with Crippen LogP contribution < -0.4 is 5.32 Å². The number of piperidine rings is 1. The predicted octanol–water partition coefficient (Wildman–Crippen LogP) is 2.74. The highest BCUT2D eigenvalue weighted by Gasteiger charge is 2.24. The number of hydrogen-bond acceptors (Lipinski definition) is 2. The number of nitrogens with one attached hydrogen (secondary N) is 1. The van der Waals surface area contributed by atoms with Crippen molar-refractivity contribution in [2.45, 2.75) is 46.0 Å². The van der Waals surface area contributed by atoms with E-state index in [0.29, 0.717) is 0 Å². The third-order valence-electron chi connectivity index (χ3n) is 4.43. The molecule has 0 aromatic carbocycles. The van der Waals surface area contributed by atoms with E-state index in [1.807, 2.05) is 0 Å². The molecule has 1 aliphatic carbocycles. The van der Waals surface area contributed by atoms with Crippen LogP contribution in [0.2, 0.25) is 0 Å². The van der Waals surface area contributed by atoms with Crippen LogP contribution in [0.1, 0.15) is 46.0 Å². The Kier molecular flexibility index (Phi) is 5.30. The van der Waals surface area contributed by atoms with E-state index < -0.39 is 0 Å². The second-order valence-corrected chi connectivity index (χ2v) is 6.59. The third-order valence-corrected chi connectivity index (χ3v) is 4.43. The third kappa shape index (κ3) is 4.59. The Bertz CT molecular complexity index is 203. The maximum Gasteiger partial charge on any atom is 0.000966 e. The molecular formula is C15H30N2. The SMILES string of the molecule is CC(C)CNCC1CCN(CC2CCC2)CC1. The zero-order valence-corrected chi connectivity index (χ0v) is 11.8. The lowest BCUT2D eigenvalue weighted by Crippen LogP contribution is -2.41. The van der Waals surface area contributed by atoms with Gasteiger partial charge in [-0.25, -0.2) is 0 Å². The van der Waals surface area contributed by atoms with Crippen molar-refractivity contribution >= 4 is 0 Å². The van der Waals surface area contributed by atoms with Crippen LogP contribution in [0.15, 0.2) is 0 Å². The molecule has 17 heavy (non-hydrogen) atoms. The molecule has 2 fully saturated rings. The molecule has 0 spiro atoms. The smallest absolute Gasteiger partial charge is 0.000966 e. The molecule has 1 saturated heterocycles. The Morgan fingerprint density at radius 3 is 2.29 bits per heavy atom. The van der Waals surface area contributed by atoms with Gasteiger partial charge in [-0.15, -0.1) is 0 Å². The van der Waals surface area contributed by atoms with E-state index in [-0.39, 0.29) is 0 Å². The first kappa shape index (κ1) is 13.4. The van der Waals surface area contributed by atoms with Crippen molar-refractivity contribution in [3.05, 3.63) is 0 Å². The van der Waals surface area contributed by atoms with Crippen LogP contribution in [-0.4, -0.2) is 37.6 Å². The summed E-state index contributed by atoms with van der Waals surface area (Å²) in [5.74, 6) is 2.77. The fourth-order valence-corrected chi connectivity index (χ4v) is 2.99. The zero-order chi connectivity index (χ0) is 12.1. The number of rotatable bonds is 6. The van der Waals surface area contributed by atoms with Crippen molar-refractivity contribution in [2.75, 3.05) is 32.7 Å². The second kappa shape index (κ2) is 6.75. The molecule has 0 bridgehead atoms. The molecule has 2 nitrogen and oxygen atoms in total. The van der Waals surface area contributed by atoms with Gasteiger partial charge in [0.2, 0.25) is 0 Å². The maximum atomic E-state index is 3.61. The van der Waals surface area contributed by atoms with Crippen molar-refractivity contribution in [2.24, 2.45) is 17.8 Å². The first-order valence-electron chi connectivity index (χ1n) is 7.67. The second-order valence-electron chi connectivity index (χ2n) is 6.59. The first-order valence-corrected chi connectivity index (χ1v) is 7.67. The minimum atomic E-state index is 0.786. The average molecular weight is 238 g/mol. The summed E-state index contributed by atoms with van der Waals surface area (Å²) in [7, 11) is 0. The molecule has 1 aliphatic heterocycles. The molecule has 1 saturated carbocycles. The summed E-state index contributed by atoms with van der Waals surface area (Å²) in [6.07, 6.45) is 7.31. The van der Waals surface area contributed by atoms with Crippen LogP contribution in [-0.2, 0) is 0 Å². The quantitative estimate of drug-likeness (QED) is 0.765. The molecule has 0 atom stereocenters. The van der Waals surface area contributed by atoms with Gasteiger partial charge in [0, 0.05) is 6.54 Å². The summed E-state index contributed by atoms with van der Waals surface area (Å²) in [6, 6.07) is 0. The minimum absolute atomic E-state index is 0.786. The molecule has 0 aromatic heterocycles. The lowest BCUT2D eigenvalue weighted by molar-refractivity contribution is 0.131. The Hall–Kier alpha value is -0.0800. The molecule has 100 valence electrons. The number of hydrogen-bond donors (Lipinski definition) is 1. The minimum Gasteiger partial charge on any atom is -0.316 e. The Labute approximate surface area is 107 Å². The lowest BCUT2D eigenvalue weighted by Gasteiger charge is -2.37. The summed E-state index contributed by atoms with van der Waals surface area (Å²) < 4.78 is 0. The summed E-state index contributed by atoms with van der Waals surface area (Å²) in [5, 5.41) is 3.61. The maximum absolute atomic E-state index is 3.61. The summed E-state index contributed by atoms with van der Waals surface area (Å²) in [4.78, 5) is 2.71. The van der Waals surface area contributed by atoms with Gasteiger partial charge in [-0.2, -0.15) is 0 Å². The number of likely N-dealkylation sites (tertiary alicyclic amines) is 1. The van der Waals surface area contributed by atoms with Crippen molar-refractivity contribution in [1.29, 1.82) is 0 Å². The first-order chi connectivity index (χ1) is 8.24. The van der Waals surface area contributed by atoms with E-state index in [4.69, 9.17) is 0 Å². The van der Waals surface area contributed by atoms with Crippen molar-refractivity contribution in [3.8, 4) is 0 Å². The molecule has 0 unspecified atom stereocenters. The normalized spacial score (nSPS) is 24.2. The molecule has 0 aromatic rings. The fraction of sp³-hybridized carbons (Fsp3) is 1.00. The van der Waals surface area contributed by atoms with E-state index in [1.165, 1.54) is 64.8 Å². The van der Waals surface area contributed by atoms with Crippen molar-refractivity contribution in [3.63, 3.8) is 0 Å². The molecule has 1 heterocycles. The standard InChI is InChI=1S/C15H30N2/c1-13(2)10-16-11-14-6-8-17(9-7-14)12-15-4-3-5-15/h13-16H,3-12H2,1-2H3. The molecule has 2 heteroatoms. The zero-order valence-electron chi connectivity index (χ0n) is 11.8. The van der Waals surface area contributed by atoms with Crippen LogP contribution in [0.3, 0.4) is 0 Å². The molecule has 2 rings (SSSR count). The fourth-order valence-electron chi connectivity index (χ4n) is 2.99. The van der Waals surface area contributed by atoms with Gasteiger partial charge in [0.05, 0.1) is 0 Å². The van der Waals surface area contributed by atoms with E-state index in [1.54, 1.807) is 0 Å². The van der Waals surface area contributed by atoms with Gasteiger partial charge in [-0.3, -0.25) is 0 Å².